The van der Waals surface area contributed by atoms with Crippen molar-refractivity contribution in [1.82, 2.24) is 10.6 Å². The van der Waals surface area contributed by atoms with E-state index in [0.29, 0.717) is 18.6 Å². The molecule has 1 rings (SSSR count). The number of hydrogen-bond acceptors (Lipinski definition) is 3. The maximum Gasteiger partial charge on any atom is 0.0434 e. The summed E-state index contributed by atoms with van der Waals surface area (Å²) in [5.74, 6) is 0.625. The lowest BCUT2D eigenvalue weighted by atomic mass is 9.88. The van der Waals surface area contributed by atoms with Crippen molar-refractivity contribution in [2.75, 3.05) is 19.7 Å². The molecule has 3 nitrogen and oxygen atoms in total. The zero-order valence-corrected chi connectivity index (χ0v) is 9.64. The molecule has 1 aliphatic rings. The van der Waals surface area contributed by atoms with Crippen LogP contribution >= 0.6 is 0 Å². The van der Waals surface area contributed by atoms with Gasteiger partial charge in [0.05, 0.1) is 0 Å². The van der Waals surface area contributed by atoms with Gasteiger partial charge in [0, 0.05) is 24.7 Å². The molecule has 3 N–H and O–H groups in total. The Morgan fingerprint density at radius 1 is 1.43 bits per heavy atom. The highest BCUT2D eigenvalue weighted by atomic mass is 16.3. The molecule has 2 atom stereocenters. The number of piperidine rings is 1. The molecular weight excluding hydrogens is 176 g/mol. The van der Waals surface area contributed by atoms with Crippen LogP contribution in [-0.2, 0) is 0 Å². The van der Waals surface area contributed by atoms with Gasteiger partial charge >= 0.3 is 0 Å². The molecule has 1 saturated heterocycles. The first-order valence-corrected chi connectivity index (χ1v) is 5.62. The van der Waals surface area contributed by atoms with Crippen molar-refractivity contribution in [2.45, 2.75) is 45.2 Å². The van der Waals surface area contributed by atoms with Crippen LogP contribution in [0.5, 0.6) is 0 Å². The molecule has 84 valence electrons. The van der Waals surface area contributed by atoms with Gasteiger partial charge in [0.25, 0.3) is 0 Å². The predicted molar refractivity (Wildman–Crippen MR) is 59.4 cm³/mol. The minimum atomic E-state index is 0.164. The lowest BCUT2D eigenvalue weighted by Gasteiger charge is -2.37. The normalized spacial score (nSPS) is 29.1. The largest absolute Gasteiger partial charge is 0.396 e. The fourth-order valence-corrected chi connectivity index (χ4v) is 2.15. The quantitative estimate of drug-likeness (QED) is 0.629. The molecule has 0 bridgehead atoms. The number of nitrogens with one attached hydrogen (secondary N) is 2. The van der Waals surface area contributed by atoms with E-state index in [0.717, 1.165) is 19.5 Å². The van der Waals surface area contributed by atoms with E-state index in [1.54, 1.807) is 0 Å². The molecule has 1 fully saturated rings. The first kappa shape index (κ1) is 12.0. The molecule has 0 aromatic heterocycles. The maximum absolute atomic E-state index is 8.99. The van der Waals surface area contributed by atoms with Crippen LogP contribution in [-0.4, -0.2) is 36.4 Å². The number of aliphatic hydroxyl groups excluding tert-OH is 1. The Morgan fingerprint density at radius 2 is 2.14 bits per heavy atom. The second-order valence-electron chi connectivity index (χ2n) is 5.27. The molecule has 0 unspecified atom stereocenters. The van der Waals surface area contributed by atoms with Crippen molar-refractivity contribution in [2.24, 2.45) is 5.92 Å². The van der Waals surface area contributed by atoms with Gasteiger partial charge in [0.2, 0.25) is 0 Å². The minimum Gasteiger partial charge on any atom is -0.396 e. The summed E-state index contributed by atoms with van der Waals surface area (Å²) in [4.78, 5) is 0. The van der Waals surface area contributed by atoms with E-state index in [1.807, 2.05) is 0 Å². The molecule has 1 aliphatic heterocycles. The van der Waals surface area contributed by atoms with Crippen LogP contribution in [0.1, 0.15) is 33.6 Å². The summed E-state index contributed by atoms with van der Waals surface area (Å²) in [5.41, 5.74) is 0.164. The Bertz CT molecular complexity index is 163. The molecule has 0 aromatic rings. The fraction of sp³-hybridized carbons (Fsp3) is 1.00. The SMILES string of the molecule is CC(C)(C)N[C@@H]1CNCC[C@H]1CCO. The lowest BCUT2D eigenvalue weighted by Crippen LogP contribution is -2.55. The number of rotatable bonds is 3. The summed E-state index contributed by atoms with van der Waals surface area (Å²) in [6, 6.07) is 0.510. The Labute approximate surface area is 87.3 Å². The summed E-state index contributed by atoms with van der Waals surface area (Å²) in [5, 5.41) is 16.0. The van der Waals surface area contributed by atoms with E-state index in [1.165, 1.54) is 6.42 Å². The van der Waals surface area contributed by atoms with Crippen LogP contribution in [0.2, 0.25) is 0 Å². The zero-order valence-electron chi connectivity index (χ0n) is 9.64. The molecule has 0 saturated carbocycles. The highest BCUT2D eigenvalue weighted by molar-refractivity contribution is 4.87. The van der Waals surface area contributed by atoms with Crippen molar-refractivity contribution in [3.63, 3.8) is 0 Å². The average Bonchev–Trinajstić information content (AvgIpc) is 2.06. The molecule has 0 radical (unpaired) electrons. The first-order chi connectivity index (χ1) is 6.53. The Morgan fingerprint density at radius 3 is 2.71 bits per heavy atom. The van der Waals surface area contributed by atoms with E-state index in [2.05, 4.69) is 31.4 Å². The maximum atomic E-state index is 8.99. The third-order valence-corrected chi connectivity index (χ3v) is 2.74. The van der Waals surface area contributed by atoms with Gasteiger partial charge in [-0.15, -0.1) is 0 Å². The van der Waals surface area contributed by atoms with Gasteiger partial charge in [-0.25, -0.2) is 0 Å². The summed E-state index contributed by atoms with van der Waals surface area (Å²) in [7, 11) is 0. The van der Waals surface area contributed by atoms with Crippen molar-refractivity contribution in [3.8, 4) is 0 Å². The van der Waals surface area contributed by atoms with Crippen molar-refractivity contribution in [3.05, 3.63) is 0 Å². The van der Waals surface area contributed by atoms with E-state index >= 15 is 0 Å². The average molecular weight is 200 g/mol. The summed E-state index contributed by atoms with van der Waals surface area (Å²) in [6.45, 7) is 9.01. The fourth-order valence-electron chi connectivity index (χ4n) is 2.15. The molecule has 0 amide bonds. The molecular formula is C11H24N2O. The van der Waals surface area contributed by atoms with Crippen molar-refractivity contribution >= 4 is 0 Å². The Balaban J connectivity index is 2.45. The van der Waals surface area contributed by atoms with Gasteiger partial charge in [-0.2, -0.15) is 0 Å². The Kier molecular flexibility index (Phi) is 4.35. The summed E-state index contributed by atoms with van der Waals surface area (Å²) < 4.78 is 0. The summed E-state index contributed by atoms with van der Waals surface area (Å²) in [6.07, 6.45) is 2.10. The van der Waals surface area contributed by atoms with Crippen LogP contribution in [0.25, 0.3) is 0 Å². The van der Waals surface area contributed by atoms with Crippen LogP contribution in [0.15, 0.2) is 0 Å². The highest BCUT2D eigenvalue weighted by Gasteiger charge is 2.27. The van der Waals surface area contributed by atoms with Crippen LogP contribution in [0.4, 0.5) is 0 Å². The Hall–Kier alpha value is -0.120. The van der Waals surface area contributed by atoms with E-state index in [9.17, 15) is 0 Å². The van der Waals surface area contributed by atoms with Gasteiger partial charge in [-0.1, -0.05) is 0 Å². The molecule has 14 heavy (non-hydrogen) atoms. The van der Waals surface area contributed by atoms with Crippen LogP contribution < -0.4 is 10.6 Å². The minimum absolute atomic E-state index is 0.164. The predicted octanol–water partition coefficient (Wildman–Crippen LogP) is 0.735. The first-order valence-electron chi connectivity index (χ1n) is 5.62. The van der Waals surface area contributed by atoms with Gasteiger partial charge in [0.1, 0.15) is 0 Å². The lowest BCUT2D eigenvalue weighted by molar-refractivity contribution is 0.181. The van der Waals surface area contributed by atoms with E-state index in [4.69, 9.17) is 5.11 Å². The van der Waals surface area contributed by atoms with Gasteiger partial charge in [-0.3, -0.25) is 0 Å². The van der Waals surface area contributed by atoms with Crippen LogP contribution in [0, 0.1) is 5.92 Å². The van der Waals surface area contributed by atoms with Crippen molar-refractivity contribution < 1.29 is 5.11 Å². The van der Waals surface area contributed by atoms with Gasteiger partial charge in [-0.05, 0) is 46.1 Å². The summed E-state index contributed by atoms with van der Waals surface area (Å²) >= 11 is 0. The smallest absolute Gasteiger partial charge is 0.0434 e. The topological polar surface area (TPSA) is 44.3 Å². The third kappa shape index (κ3) is 3.95. The standard InChI is InChI=1S/C11H24N2O/c1-11(2,3)13-10-8-12-6-4-9(10)5-7-14/h9-10,12-14H,4-8H2,1-3H3/t9-,10+/m0/s1. The molecule has 0 aromatic carbocycles. The van der Waals surface area contributed by atoms with E-state index < -0.39 is 0 Å². The number of aliphatic hydroxyl groups is 1. The molecule has 0 spiro atoms. The number of hydrogen-bond donors (Lipinski definition) is 3. The van der Waals surface area contributed by atoms with E-state index in [-0.39, 0.29) is 5.54 Å². The molecule has 0 aliphatic carbocycles. The monoisotopic (exact) mass is 200 g/mol. The van der Waals surface area contributed by atoms with Crippen LogP contribution in [0.3, 0.4) is 0 Å². The van der Waals surface area contributed by atoms with Gasteiger partial charge in [0.15, 0.2) is 0 Å². The molecule has 1 heterocycles. The molecule has 3 heteroatoms. The highest BCUT2D eigenvalue weighted by Crippen LogP contribution is 2.18. The second kappa shape index (κ2) is 5.10. The zero-order chi connectivity index (χ0) is 10.6. The van der Waals surface area contributed by atoms with Crippen molar-refractivity contribution in [1.29, 1.82) is 0 Å². The third-order valence-electron chi connectivity index (χ3n) is 2.74. The van der Waals surface area contributed by atoms with Gasteiger partial charge < -0.3 is 15.7 Å². The second-order valence-corrected chi connectivity index (χ2v) is 5.27.